The van der Waals surface area contributed by atoms with Gasteiger partial charge in [0.1, 0.15) is 22.5 Å². The highest BCUT2D eigenvalue weighted by atomic mass is 32.2. The number of benzene rings is 2. The number of anilines is 1. The fraction of sp³-hybridized carbons (Fsp3) is 0.286. The number of aryl methyl sites for hydroxylation is 1. The third-order valence-corrected chi connectivity index (χ3v) is 9.75. The van der Waals surface area contributed by atoms with Crippen molar-refractivity contribution in [2.45, 2.75) is 44.0 Å². The molecule has 0 aliphatic carbocycles. The van der Waals surface area contributed by atoms with Crippen molar-refractivity contribution in [2.75, 3.05) is 32.7 Å². The Bertz CT molecular complexity index is 2130. The van der Waals surface area contributed by atoms with Crippen LogP contribution in [0.25, 0.3) is 6.08 Å². The molecule has 0 amide bonds. The number of carbonyl (C=O) groups excluding carboxylic acids is 1. The molecule has 0 saturated heterocycles. The molecule has 0 radical (unpaired) electrons. The van der Waals surface area contributed by atoms with Crippen LogP contribution in [0.2, 0.25) is 0 Å². The number of halogens is 2. The second-order valence-electron chi connectivity index (χ2n) is 11.1. The number of ether oxygens (including phenoxy) is 2. The van der Waals surface area contributed by atoms with Gasteiger partial charge in [0.15, 0.2) is 4.80 Å². The van der Waals surface area contributed by atoms with E-state index < -0.39 is 24.1 Å². The van der Waals surface area contributed by atoms with Crippen molar-refractivity contribution in [3.05, 3.63) is 113 Å². The normalized spacial score (nSPS) is 14.4. The first-order valence-corrected chi connectivity index (χ1v) is 16.7. The number of nitriles is 1. The number of carbonyl (C=O) groups is 1. The van der Waals surface area contributed by atoms with E-state index in [1.54, 1.807) is 39.0 Å². The van der Waals surface area contributed by atoms with Crippen molar-refractivity contribution in [1.29, 1.82) is 5.26 Å². The van der Waals surface area contributed by atoms with Crippen molar-refractivity contribution in [3.63, 3.8) is 0 Å². The number of esters is 1. The standard InChI is InChI=1S/C35H33F2N5O4S2/c1-7-46-34(44)29-20(3)39-35-42(30(29)22-9-11-24(12-10-22)41(4)5)33(43)28(48-35)16-21-8-13-27(45-6)23(15-21)18-47-32-25(17-38)19(2)14-26(40-32)31(36)37/h8-16,30-31H,7,18H2,1-6H3/t30-/m1/s1. The highest BCUT2D eigenvalue weighted by molar-refractivity contribution is 7.98. The first kappa shape index (κ1) is 34.5. The van der Waals surface area contributed by atoms with E-state index in [0.717, 1.165) is 23.0 Å². The predicted molar refractivity (Wildman–Crippen MR) is 182 cm³/mol. The minimum atomic E-state index is -2.77. The average Bonchev–Trinajstić information content (AvgIpc) is 3.36. The molecule has 248 valence electrons. The Morgan fingerprint density at radius 2 is 1.92 bits per heavy atom. The van der Waals surface area contributed by atoms with Crippen molar-refractivity contribution < 1.29 is 23.0 Å². The number of hydrogen-bond acceptors (Lipinski definition) is 10. The molecular weight excluding hydrogens is 657 g/mol. The van der Waals surface area contributed by atoms with Crippen LogP contribution < -0.4 is 24.5 Å². The maximum absolute atomic E-state index is 14.1. The molecule has 48 heavy (non-hydrogen) atoms. The molecule has 2 aromatic heterocycles. The number of nitrogens with zero attached hydrogens (tertiary/aromatic N) is 5. The van der Waals surface area contributed by atoms with Crippen LogP contribution in [0, 0.1) is 18.3 Å². The van der Waals surface area contributed by atoms with Gasteiger partial charge in [0, 0.05) is 31.1 Å². The highest BCUT2D eigenvalue weighted by Gasteiger charge is 2.33. The summed E-state index contributed by atoms with van der Waals surface area (Å²) in [6.45, 7) is 5.25. The number of thioether (sulfide) groups is 1. The molecule has 2 aromatic carbocycles. The lowest BCUT2D eigenvalue weighted by Crippen LogP contribution is -2.39. The van der Waals surface area contributed by atoms with Gasteiger partial charge in [0.2, 0.25) is 0 Å². The van der Waals surface area contributed by atoms with Crippen molar-refractivity contribution in [1.82, 2.24) is 9.55 Å². The third-order valence-electron chi connectivity index (χ3n) is 7.75. The van der Waals surface area contributed by atoms with Crippen molar-refractivity contribution in [2.24, 2.45) is 4.99 Å². The minimum absolute atomic E-state index is 0.176. The minimum Gasteiger partial charge on any atom is -0.496 e. The van der Waals surface area contributed by atoms with Crippen LogP contribution in [0.4, 0.5) is 14.5 Å². The van der Waals surface area contributed by atoms with Gasteiger partial charge < -0.3 is 14.4 Å². The summed E-state index contributed by atoms with van der Waals surface area (Å²) in [7, 11) is 5.39. The number of rotatable bonds is 10. The molecule has 3 heterocycles. The zero-order valence-corrected chi connectivity index (χ0v) is 28.8. The van der Waals surface area contributed by atoms with E-state index in [0.29, 0.717) is 43.0 Å². The summed E-state index contributed by atoms with van der Waals surface area (Å²) in [5.74, 6) is 0.290. The molecular formula is C35H33F2N5O4S2. The van der Waals surface area contributed by atoms with Gasteiger partial charge in [0.05, 0.1) is 41.1 Å². The first-order chi connectivity index (χ1) is 23.0. The van der Waals surface area contributed by atoms with Gasteiger partial charge in [-0.3, -0.25) is 9.36 Å². The lowest BCUT2D eigenvalue weighted by atomic mass is 9.95. The van der Waals surface area contributed by atoms with Crippen LogP contribution >= 0.6 is 23.1 Å². The lowest BCUT2D eigenvalue weighted by Gasteiger charge is -2.25. The number of thiazole rings is 1. The second-order valence-corrected chi connectivity index (χ2v) is 13.1. The predicted octanol–water partition coefficient (Wildman–Crippen LogP) is 5.68. The molecule has 1 aliphatic rings. The smallest absolute Gasteiger partial charge is 0.338 e. The average molecular weight is 690 g/mol. The fourth-order valence-corrected chi connectivity index (χ4v) is 7.47. The molecule has 0 bridgehead atoms. The van der Waals surface area contributed by atoms with E-state index in [1.165, 1.54) is 29.1 Å². The number of allylic oxidation sites excluding steroid dienone is 1. The van der Waals surface area contributed by atoms with Crippen LogP contribution in [-0.4, -0.2) is 43.3 Å². The molecule has 9 nitrogen and oxygen atoms in total. The van der Waals surface area contributed by atoms with E-state index in [2.05, 4.69) is 16.0 Å². The van der Waals surface area contributed by atoms with Gasteiger partial charge in [0.25, 0.3) is 12.0 Å². The Morgan fingerprint density at radius 1 is 1.19 bits per heavy atom. The number of fused-ring (bicyclic) bond motifs is 1. The zero-order chi connectivity index (χ0) is 34.7. The molecule has 0 unspecified atom stereocenters. The SMILES string of the molecule is CCOC(=O)C1=C(C)N=c2sc(=Cc3ccc(OC)c(CSc4nc(C(F)F)cc(C)c4C#N)c3)c(=O)n2[C@@H]1c1ccc(N(C)C)cc1. The van der Waals surface area contributed by atoms with Gasteiger partial charge in [-0.2, -0.15) is 5.26 Å². The maximum atomic E-state index is 14.1. The van der Waals surface area contributed by atoms with Gasteiger partial charge in [-0.15, -0.1) is 11.8 Å². The number of aromatic nitrogens is 2. The van der Waals surface area contributed by atoms with Crippen LogP contribution in [0.3, 0.4) is 0 Å². The highest BCUT2D eigenvalue weighted by Crippen LogP contribution is 2.34. The van der Waals surface area contributed by atoms with Crippen molar-refractivity contribution in [3.8, 4) is 11.8 Å². The molecule has 13 heteroatoms. The summed E-state index contributed by atoms with van der Waals surface area (Å²) in [4.78, 5) is 38.4. The quantitative estimate of drug-likeness (QED) is 0.155. The van der Waals surface area contributed by atoms with Crippen LogP contribution in [0.15, 0.2) is 74.6 Å². The first-order valence-electron chi connectivity index (χ1n) is 14.9. The molecule has 4 aromatic rings. The van der Waals surface area contributed by atoms with E-state index in [-0.39, 0.29) is 28.5 Å². The molecule has 0 saturated carbocycles. The van der Waals surface area contributed by atoms with Gasteiger partial charge >= 0.3 is 5.97 Å². The summed E-state index contributed by atoms with van der Waals surface area (Å²) in [5.41, 5.74) is 3.85. The Kier molecular flexibility index (Phi) is 10.5. The van der Waals surface area contributed by atoms with Gasteiger partial charge in [-0.1, -0.05) is 29.5 Å². The Hall–Kier alpha value is -4.80. The molecule has 1 aliphatic heterocycles. The van der Waals surface area contributed by atoms with Crippen molar-refractivity contribution >= 4 is 40.8 Å². The molecule has 0 N–H and O–H groups in total. The second kappa shape index (κ2) is 14.5. The van der Waals surface area contributed by atoms with Gasteiger partial charge in [-0.25, -0.2) is 23.6 Å². The topological polar surface area (TPSA) is 110 Å². The molecule has 0 fully saturated rings. The number of pyridine rings is 1. The Morgan fingerprint density at radius 3 is 2.54 bits per heavy atom. The lowest BCUT2D eigenvalue weighted by molar-refractivity contribution is -0.139. The maximum Gasteiger partial charge on any atom is 0.338 e. The zero-order valence-electron chi connectivity index (χ0n) is 27.2. The monoisotopic (exact) mass is 689 g/mol. The summed E-state index contributed by atoms with van der Waals surface area (Å²) >= 11 is 2.37. The summed E-state index contributed by atoms with van der Waals surface area (Å²) in [5, 5.41) is 9.86. The van der Waals surface area contributed by atoms with Crippen LogP contribution in [-0.2, 0) is 15.3 Å². The van der Waals surface area contributed by atoms with E-state index in [4.69, 9.17) is 9.47 Å². The largest absolute Gasteiger partial charge is 0.496 e. The van der Waals surface area contributed by atoms with Gasteiger partial charge in [-0.05, 0) is 73.9 Å². The van der Waals surface area contributed by atoms with Crippen LogP contribution in [0.1, 0.15) is 59.8 Å². The number of alkyl halides is 2. The molecule has 5 rings (SSSR count). The molecule has 0 spiro atoms. The van der Waals surface area contributed by atoms with E-state index >= 15 is 0 Å². The Labute approximate surface area is 284 Å². The van der Waals surface area contributed by atoms with E-state index in [1.807, 2.05) is 49.3 Å². The van der Waals surface area contributed by atoms with Crippen LogP contribution in [0.5, 0.6) is 5.75 Å². The summed E-state index contributed by atoms with van der Waals surface area (Å²) < 4.78 is 39.8. The van der Waals surface area contributed by atoms with E-state index in [9.17, 15) is 23.6 Å². The summed E-state index contributed by atoms with van der Waals surface area (Å²) in [6.07, 6.45) is -1.02. The number of methoxy groups -OCH3 is 1. The summed E-state index contributed by atoms with van der Waals surface area (Å²) in [6, 6.07) is 15.6. The Balaban J connectivity index is 1.57. The molecule has 1 atom stereocenters. The fourth-order valence-electron chi connectivity index (χ4n) is 5.38. The number of hydrogen-bond donors (Lipinski definition) is 0. The third kappa shape index (κ3) is 6.90.